The summed E-state index contributed by atoms with van der Waals surface area (Å²) in [4.78, 5) is 4.20. The number of rotatable bonds is 3. The van der Waals surface area contributed by atoms with Gasteiger partial charge in [0.2, 0.25) is 0 Å². The lowest BCUT2D eigenvalue weighted by atomic mass is 10.1. The van der Waals surface area contributed by atoms with E-state index in [2.05, 4.69) is 15.6 Å². The van der Waals surface area contributed by atoms with Gasteiger partial charge in [0.05, 0.1) is 0 Å². The van der Waals surface area contributed by atoms with Crippen LogP contribution in [0.1, 0.15) is 6.42 Å². The summed E-state index contributed by atoms with van der Waals surface area (Å²) in [7, 11) is 0. The highest BCUT2D eigenvalue weighted by atomic mass is 35.5. The number of hydrogen-bond donors (Lipinski definition) is 2. The van der Waals surface area contributed by atoms with E-state index in [0.29, 0.717) is 17.4 Å². The maximum Gasteiger partial charge on any atom is 0.295 e. The van der Waals surface area contributed by atoms with Gasteiger partial charge in [-0.05, 0) is 37.6 Å². The normalized spacial score (nSPS) is 18.8. The number of fused-ring (bicyclic) bond motifs is 1. The fraction of sp³-hybridized carbons (Fsp3) is 0.417. The maximum absolute atomic E-state index is 13.4. The first-order valence-electron chi connectivity index (χ1n) is 5.82. The van der Waals surface area contributed by atoms with Gasteiger partial charge in [0.15, 0.2) is 11.4 Å². The Labute approximate surface area is 110 Å². The van der Waals surface area contributed by atoms with Crippen LogP contribution in [-0.2, 0) is 0 Å². The molecular formula is C12H15ClFN3O. The zero-order valence-electron chi connectivity index (χ0n) is 9.78. The molecule has 0 amide bonds. The molecule has 0 aliphatic carbocycles. The second-order valence-corrected chi connectivity index (χ2v) is 4.35. The molecule has 2 aromatic rings. The fourth-order valence-corrected chi connectivity index (χ4v) is 2.11. The molecule has 6 heteroatoms. The van der Waals surface area contributed by atoms with Crippen molar-refractivity contribution >= 4 is 29.5 Å². The van der Waals surface area contributed by atoms with Crippen molar-refractivity contribution in [1.29, 1.82) is 0 Å². The van der Waals surface area contributed by atoms with Crippen LogP contribution in [0.4, 0.5) is 10.4 Å². The summed E-state index contributed by atoms with van der Waals surface area (Å²) in [6, 6.07) is 5.14. The average Bonchev–Trinajstić information content (AvgIpc) is 2.95. The van der Waals surface area contributed by atoms with Gasteiger partial charge in [0.25, 0.3) is 6.01 Å². The van der Waals surface area contributed by atoms with Crippen LogP contribution in [0, 0.1) is 11.7 Å². The van der Waals surface area contributed by atoms with Crippen molar-refractivity contribution in [3.05, 3.63) is 24.0 Å². The number of para-hydroxylation sites is 1. The number of nitrogens with one attached hydrogen (secondary N) is 2. The van der Waals surface area contributed by atoms with Crippen LogP contribution in [0.2, 0.25) is 0 Å². The van der Waals surface area contributed by atoms with Gasteiger partial charge in [-0.3, -0.25) is 0 Å². The van der Waals surface area contributed by atoms with E-state index >= 15 is 0 Å². The first-order chi connectivity index (χ1) is 8.33. The van der Waals surface area contributed by atoms with Gasteiger partial charge in [0.1, 0.15) is 5.52 Å². The van der Waals surface area contributed by atoms with Gasteiger partial charge in [-0.2, -0.15) is 4.98 Å². The number of benzene rings is 1. The van der Waals surface area contributed by atoms with Gasteiger partial charge < -0.3 is 15.1 Å². The molecule has 1 fully saturated rings. The lowest BCUT2D eigenvalue weighted by Gasteiger charge is -2.07. The molecule has 0 saturated carbocycles. The Kier molecular flexibility index (Phi) is 4.04. The highest BCUT2D eigenvalue weighted by Crippen LogP contribution is 2.21. The number of halogens is 2. The number of oxazole rings is 1. The number of aromatic nitrogens is 1. The Morgan fingerprint density at radius 1 is 1.50 bits per heavy atom. The smallest absolute Gasteiger partial charge is 0.295 e. The molecule has 1 saturated heterocycles. The van der Waals surface area contributed by atoms with Crippen LogP contribution in [0.15, 0.2) is 22.6 Å². The molecule has 98 valence electrons. The number of anilines is 1. The van der Waals surface area contributed by atoms with Gasteiger partial charge >= 0.3 is 0 Å². The summed E-state index contributed by atoms with van der Waals surface area (Å²) in [5.74, 6) is 0.223. The molecule has 2 heterocycles. The third-order valence-corrected chi connectivity index (χ3v) is 3.07. The first kappa shape index (κ1) is 13.1. The highest BCUT2D eigenvalue weighted by Gasteiger charge is 2.15. The van der Waals surface area contributed by atoms with Crippen molar-refractivity contribution in [2.24, 2.45) is 5.92 Å². The van der Waals surface area contributed by atoms with Gasteiger partial charge in [-0.1, -0.05) is 6.07 Å². The van der Waals surface area contributed by atoms with Crippen LogP contribution in [-0.4, -0.2) is 24.6 Å². The van der Waals surface area contributed by atoms with E-state index in [0.717, 1.165) is 26.1 Å². The summed E-state index contributed by atoms with van der Waals surface area (Å²) in [5, 5.41) is 6.41. The maximum atomic E-state index is 13.4. The third kappa shape index (κ3) is 2.57. The molecule has 0 radical (unpaired) electrons. The van der Waals surface area contributed by atoms with E-state index in [1.807, 2.05) is 0 Å². The van der Waals surface area contributed by atoms with Crippen LogP contribution in [0.5, 0.6) is 0 Å². The van der Waals surface area contributed by atoms with Crippen molar-refractivity contribution < 1.29 is 8.81 Å². The van der Waals surface area contributed by atoms with Crippen molar-refractivity contribution in [2.75, 3.05) is 25.0 Å². The molecule has 18 heavy (non-hydrogen) atoms. The minimum atomic E-state index is -0.370. The quantitative estimate of drug-likeness (QED) is 0.900. The van der Waals surface area contributed by atoms with E-state index in [1.54, 1.807) is 12.1 Å². The summed E-state index contributed by atoms with van der Waals surface area (Å²) in [5.41, 5.74) is 0.775. The van der Waals surface area contributed by atoms with Gasteiger partial charge in [-0.15, -0.1) is 12.4 Å². The average molecular weight is 272 g/mol. The van der Waals surface area contributed by atoms with Crippen molar-refractivity contribution in [1.82, 2.24) is 10.3 Å². The van der Waals surface area contributed by atoms with Crippen LogP contribution >= 0.6 is 12.4 Å². The Balaban J connectivity index is 0.00000120. The molecule has 0 bridgehead atoms. The largest absolute Gasteiger partial charge is 0.420 e. The molecule has 4 nitrogen and oxygen atoms in total. The standard InChI is InChI=1S/C12H14FN3O.ClH/c13-9-2-1-3-10-11(9)17-12(16-10)15-7-8-4-5-14-6-8;/h1-3,8,14H,4-7H2,(H,15,16);1H/t8-;/m1./s1. The predicted octanol–water partition coefficient (Wildman–Crippen LogP) is 2.41. The van der Waals surface area contributed by atoms with E-state index < -0.39 is 0 Å². The highest BCUT2D eigenvalue weighted by molar-refractivity contribution is 5.85. The summed E-state index contributed by atoms with van der Waals surface area (Å²) < 4.78 is 18.7. The molecule has 1 aromatic carbocycles. The number of nitrogens with zero attached hydrogens (tertiary/aromatic N) is 1. The summed E-state index contributed by atoms with van der Waals surface area (Å²) in [6.45, 7) is 2.89. The first-order valence-corrected chi connectivity index (χ1v) is 5.82. The lowest BCUT2D eigenvalue weighted by Crippen LogP contribution is -2.17. The molecular weight excluding hydrogens is 257 g/mol. The SMILES string of the molecule is Cl.Fc1cccc2nc(NC[C@@H]3CCNC3)oc12. The monoisotopic (exact) mass is 271 g/mol. The molecule has 1 aliphatic heterocycles. The van der Waals surface area contributed by atoms with E-state index in [-0.39, 0.29) is 23.8 Å². The fourth-order valence-electron chi connectivity index (χ4n) is 2.11. The Morgan fingerprint density at radius 2 is 2.39 bits per heavy atom. The molecule has 1 atom stereocenters. The van der Waals surface area contributed by atoms with Crippen LogP contribution < -0.4 is 10.6 Å². The lowest BCUT2D eigenvalue weighted by molar-refractivity contribution is 0.549. The molecule has 3 rings (SSSR count). The summed E-state index contributed by atoms with van der Waals surface area (Å²) in [6.07, 6.45) is 1.15. The number of hydrogen-bond acceptors (Lipinski definition) is 4. The minimum absolute atomic E-state index is 0. The van der Waals surface area contributed by atoms with Crippen molar-refractivity contribution in [2.45, 2.75) is 6.42 Å². The molecule has 1 aromatic heterocycles. The molecule has 2 N–H and O–H groups in total. The van der Waals surface area contributed by atoms with Crippen molar-refractivity contribution in [3.63, 3.8) is 0 Å². The Morgan fingerprint density at radius 3 is 3.11 bits per heavy atom. The minimum Gasteiger partial charge on any atom is -0.420 e. The third-order valence-electron chi connectivity index (χ3n) is 3.07. The Hall–Kier alpha value is -1.33. The zero-order valence-corrected chi connectivity index (χ0v) is 10.6. The summed E-state index contributed by atoms with van der Waals surface area (Å²) >= 11 is 0. The Bertz CT molecular complexity index is 525. The predicted molar refractivity (Wildman–Crippen MR) is 70.7 cm³/mol. The zero-order chi connectivity index (χ0) is 11.7. The van der Waals surface area contributed by atoms with Crippen LogP contribution in [0.25, 0.3) is 11.1 Å². The van der Waals surface area contributed by atoms with Gasteiger partial charge in [0, 0.05) is 6.54 Å². The second kappa shape index (κ2) is 5.54. The van der Waals surface area contributed by atoms with E-state index in [1.165, 1.54) is 6.07 Å². The molecule has 0 spiro atoms. The second-order valence-electron chi connectivity index (χ2n) is 4.35. The van der Waals surface area contributed by atoms with Crippen molar-refractivity contribution in [3.8, 4) is 0 Å². The topological polar surface area (TPSA) is 50.1 Å². The van der Waals surface area contributed by atoms with E-state index in [4.69, 9.17) is 4.42 Å². The molecule has 0 unspecified atom stereocenters. The molecule has 1 aliphatic rings. The van der Waals surface area contributed by atoms with E-state index in [9.17, 15) is 4.39 Å². The van der Waals surface area contributed by atoms with Crippen LogP contribution in [0.3, 0.4) is 0 Å². The van der Waals surface area contributed by atoms with Gasteiger partial charge in [-0.25, -0.2) is 4.39 Å².